The zero-order valence-electron chi connectivity index (χ0n) is 20.7. The molecule has 0 aliphatic heterocycles. The number of nitrogen functional groups attached to an aromatic ring is 1. The van der Waals surface area contributed by atoms with Gasteiger partial charge in [0.15, 0.2) is 0 Å². The van der Waals surface area contributed by atoms with Gasteiger partial charge in [-0.25, -0.2) is 4.79 Å². The van der Waals surface area contributed by atoms with Crippen LogP contribution in [0.25, 0.3) is 11.6 Å². The van der Waals surface area contributed by atoms with Crippen LogP contribution in [0.5, 0.6) is 5.75 Å². The van der Waals surface area contributed by atoms with Gasteiger partial charge in [0.05, 0.1) is 5.56 Å². The molecule has 0 unspecified atom stereocenters. The molecule has 178 valence electrons. The summed E-state index contributed by atoms with van der Waals surface area (Å²) >= 11 is 0. The molecule has 0 bridgehead atoms. The largest absolute Gasteiger partial charge is 0.508 e. The highest BCUT2D eigenvalue weighted by Gasteiger charge is 2.36. The first-order valence-electron chi connectivity index (χ1n) is 11.6. The Morgan fingerprint density at radius 1 is 0.824 bits per heavy atom. The van der Waals surface area contributed by atoms with Gasteiger partial charge in [0.2, 0.25) is 0 Å². The smallest absolute Gasteiger partial charge is 0.335 e. The second-order valence-corrected chi connectivity index (χ2v) is 10.4. The summed E-state index contributed by atoms with van der Waals surface area (Å²) < 4.78 is 0. The molecular weight excluding hydrogens is 422 g/mol. The van der Waals surface area contributed by atoms with Crippen molar-refractivity contribution in [1.82, 2.24) is 0 Å². The Morgan fingerprint density at radius 2 is 1.35 bits per heavy atom. The predicted molar refractivity (Wildman–Crippen MR) is 141 cm³/mol. The predicted octanol–water partition coefficient (Wildman–Crippen LogP) is 7.27. The number of fused-ring (bicyclic) bond motifs is 1. The number of allylic oxidation sites excluding steroid dienone is 1. The summed E-state index contributed by atoms with van der Waals surface area (Å²) in [5.41, 5.74) is 13.1. The molecule has 0 heterocycles. The van der Waals surface area contributed by atoms with E-state index in [1.807, 2.05) is 12.1 Å². The van der Waals surface area contributed by atoms with Crippen molar-refractivity contribution in [1.29, 1.82) is 0 Å². The first kappa shape index (κ1) is 25.1. The average Bonchev–Trinajstić information content (AvgIpc) is 2.79. The number of hydrogen-bond donors (Lipinski definition) is 3. The second-order valence-electron chi connectivity index (χ2n) is 10.4. The fourth-order valence-corrected chi connectivity index (χ4v) is 4.36. The third kappa shape index (κ3) is 5.88. The van der Waals surface area contributed by atoms with E-state index in [0.29, 0.717) is 11.3 Å². The van der Waals surface area contributed by atoms with Crippen LogP contribution in [0.1, 0.15) is 80.1 Å². The third-order valence-corrected chi connectivity index (χ3v) is 6.74. The van der Waals surface area contributed by atoms with Crippen LogP contribution in [-0.2, 0) is 10.8 Å². The van der Waals surface area contributed by atoms with Crippen molar-refractivity contribution in [3.8, 4) is 5.75 Å². The zero-order chi connectivity index (χ0) is 25.1. The molecule has 4 nitrogen and oxygen atoms in total. The normalized spacial score (nSPS) is 16.1. The van der Waals surface area contributed by atoms with E-state index in [1.54, 1.807) is 36.4 Å². The number of aromatic carboxylic acids is 1. The van der Waals surface area contributed by atoms with E-state index in [-0.39, 0.29) is 16.6 Å². The van der Waals surface area contributed by atoms with E-state index in [0.717, 1.165) is 5.56 Å². The maximum atomic E-state index is 11.0. The van der Waals surface area contributed by atoms with Crippen LogP contribution in [0.15, 0.2) is 66.7 Å². The Morgan fingerprint density at radius 3 is 1.88 bits per heavy atom. The molecule has 0 aromatic heterocycles. The highest BCUT2D eigenvalue weighted by atomic mass is 16.4. The molecule has 0 fully saturated rings. The van der Waals surface area contributed by atoms with Gasteiger partial charge in [-0.05, 0) is 94.8 Å². The molecular formula is C30H35NO3. The number of anilines is 1. The van der Waals surface area contributed by atoms with Gasteiger partial charge in [0, 0.05) is 5.69 Å². The van der Waals surface area contributed by atoms with Gasteiger partial charge in [-0.15, -0.1) is 0 Å². The number of rotatable bonds is 3. The van der Waals surface area contributed by atoms with Crippen LogP contribution in [0.4, 0.5) is 5.69 Å². The molecule has 4 heteroatoms. The number of phenolic OH excluding ortho intramolecular Hbond substituents is 1. The van der Waals surface area contributed by atoms with Gasteiger partial charge < -0.3 is 15.9 Å². The molecule has 1 aliphatic rings. The molecule has 4 N–H and O–H groups in total. The van der Waals surface area contributed by atoms with Gasteiger partial charge in [-0.3, -0.25) is 0 Å². The molecule has 3 aromatic carbocycles. The minimum absolute atomic E-state index is 0.199. The van der Waals surface area contributed by atoms with Crippen molar-refractivity contribution < 1.29 is 15.0 Å². The fraction of sp³-hybridized carbons (Fsp3) is 0.300. The van der Waals surface area contributed by atoms with Crippen LogP contribution in [0.3, 0.4) is 0 Å². The van der Waals surface area contributed by atoms with Crippen molar-refractivity contribution in [2.24, 2.45) is 0 Å². The molecule has 4 rings (SSSR count). The monoisotopic (exact) mass is 457 g/mol. The Kier molecular flexibility index (Phi) is 7.21. The van der Waals surface area contributed by atoms with E-state index in [2.05, 4.69) is 58.9 Å². The fourth-order valence-electron chi connectivity index (χ4n) is 4.36. The van der Waals surface area contributed by atoms with E-state index in [9.17, 15) is 4.79 Å². The van der Waals surface area contributed by atoms with Gasteiger partial charge in [0.1, 0.15) is 5.75 Å². The molecule has 34 heavy (non-hydrogen) atoms. The van der Waals surface area contributed by atoms with Gasteiger partial charge in [-0.1, -0.05) is 64.1 Å². The van der Waals surface area contributed by atoms with E-state index in [1.165, 1.54) is 35.1 Å². The van der Waals surface area contributed by atoms with E-state index in [4.69, 9.17) is 15.9 Å². The lowest BCUT2D eigenvalue weighted by Crippen LogP contribution is -2.33. The van der Waals surface area contributed by atoms with E-state index >= 15 is 0 Å². The lowest BCUT2D eigenvalue weighted by atomic mass is 9.63. The maximum Gasteiger partial charge on any atom is 0.335 e. The summed E-state index contributed by atoms with van der Waals surface area (Å²) in [6, 6.07) is 20.3. The number of nitrogens with two attached hydrogens (primary N) is 1. The number of carboxylic acids is 1. The van der Waals surface area contributed by atoms with Crippen molar-refractivity contribution in [2.45, 2.75) is 58.3 Å². The highest BCUT2D eigenvalue weighted by molar-refractivity contribution is 5.88. The lowest BCUT2D eigenvalue weighted by molar-refractivity contribution is 0.0697. The van der Waals surface area contributed by atoms with Crippen molar-refractivity contribution in [3.63, 3.8) is 0 Å². The number of hydrogen-bond acceptors (Lipinski definition) is 3. The highest BCUT2D eigenvalue weighted by Crippen LogP contribution is 2.46. The summed E-state index contributed by atoms with van der Waals surface area (Å²) in [6.07, 6.45) is 4.54. The van der Waals surface area contributed by atoms with Crippen molar-refractivity contribution in [3.05, 3.63) is 94.5 Å². The third-order valence-electron chi connectivity index (χ3n) is 6.74. The molecule has 0 amide bonds. The lowest BCUT2D eigenvalue weighted by Gasteiger charge is -2.42. The van der Waals surface area contributed by atoms with Gasteiger partial charge >= 0.3 is 5.97 Å². The number of phenols is 1. The maximum absolute atomic E-state index is 11.0. The molecule has 1 aliphatic carbocycles. The minimum atomic E-state index is -0.892. The second kappa shape index (κ2) is 9.76. The SMILES string of the molecule is C/C(=C\c1ccc(C(=O)O)cc1)c1ccc2c(c1)C(C)(C)CCC2(C)C.Nc1ccc(O)cc1. The van der Waals surface area contributed by atoms with Crippen LogP contribution < -0.4 is 5.73 Å². The van der Waals surface area contributed by atoms with Crippen molar-refractivity contribution in [2.75, 3.05) is 5.73 Å². The molecule has 0 saturated heterocycles. The Labute approximate surface area is 202 Å². The Hall–Kier alpha value is -3.53. The minimum Gasteiger partial charge on any atom is -0.508 e. The molecule has 3 aromatic rings. The zero-order valence-corrected chi connectivity index (χ0v) is 20.7. The number of benzene rings is 3. The van der Waals surface area contributed by atoms with Gasteiger partial charge in [-0.2, -0.15) is 0 Å². The number of carboxylic acid groups (broad SMARTS) is 1. The van der Waals surface area contributed by atoms with Crippen LogP contribution in [0.2, 0.25) is 0 Å². The summed E-state index contributed by atoms with van der Waals surface area (Å²) in [4.78, 5) is 11.0. The molecule has 0 radical (unpaired) electrons. The number of aromatic hydroxyl groups is 1. The Balaban J connectivity index is 0.000000343. The summed E-state index contributed by atoms with van der Waals surface area (Å²) in [6.45, 7) is 11.5. The first-order chi connectivity index (χ1) is 15.9. The number of carbonyl (C=O) groups is 1. The quantitative estimate of drug-likeness (QED) is 0.219. The topological polar surface area (TPSA) is 83.5 Å². The van der Waals surface area contributed by atoms with Crippen molar-refractivity contribution >= 4 is 23.3 Å². The standard InChI is InChI=1S/C24H28O2.C6H7NO/c1-16(14-17-6-8-18(9-7-17)22(25)26)19-10-11-20-21(15-19)24(4,5)13-12-23(20,2)3;7-5-1-3-6(8)4-2-5/h6-11,14-15H,12-13H2,1-5H3,(H,25,26);1-4,8H,7H2/b16-14+;. The first-order valence-corrected chi connectivity index (χ1v) is 11.6. The van der Waals surface area contributed by atoms with Crippen LogP contribution >= 0.6 is 0 Å². The summed E-state index contributed by atoms with van der Waals surface area (Å²) in [5, 5.41) is 17.7. The Bertz CT molecular complexity index is 1170. The van der Waals surface area contributed by atoms with Crippen LogP contribution in [0, 0.1) is 0 Å². The molecule has 0 atom stereocenters. The molecule has 0 spiro atoms. The van der Waals surface area contributed by atoms with Crippen LogP contribution in [-0.4, -0.2) is 16.2 Å². The average molecular weight is 458 g/mol. The summed E-state index contributed by atoms with van der Waals surface area (Å²) in [7, 11) is 0. The van der Waals surface area contributed by atoms with E-state index < -0.39 is 5.97 Å². The molecule has 0 saturated carbocycles. The van der Waals surface area contributed by atoms with Gasteiger partial charge in [0.25, 0.3) is 0 Å². The summed E-state index contributed by atoms with van der Waals surface area (Å²) in [5.74, 6) is -0.643.